The number of halogens is 4. The van der Waals surface area contributed by atoms with Crippen LogP contribution in [0.4, 0.5) is 28.0 Å². The van der Waals surface area contributed by atoms with Gasteiger partial charge >= 0.3 is 12.2 Å². The lowest BCUT2D eigenvalue weighted by atomic mass is 10.1. The molecule has 25 heavy (non-hydrogen) atoms. The topological polar surface area (TPSA) is 32.3 Å². The highest BCUT2D eigenvalue weighted by Crippen LogP contribution is 2.40. The molecule has 1 aliphatic heterocycles. The molecule has 1 heterocycles. The minimum Gasteiger partial charge on any atom is -0.308 e. The summed E-state index contributed by atoms with van der Waals surface area (Å²) < 4.78 is 51.9. The Hall–Kier alpha value is -2.22. The second kappa shape index (κ2) is 6.95. The van der Waals surface area contributed by atoms with Crippen molar-refractivity contribution in [2.75, 3.05) is 17.6 Å². The average Bonchev–Trinajstić information content (AvgIpc) is 3.04. The van der Waals surface area contributed by atoms with Crippen molar-refractivity contribution in [3.63, 3.8) is 0 Å². The molecular weight excluding hydrogens is 356 g/mol. The van der Waals surface area contributed by atoms with Gasteiger partial charge in [0.25, 0.3) is 0 Å². The first kappa shape index (κ1) is 17.6. The van der Waals surface area contributed by atoms with E-state index in [9.17, 15) is 22.4 Å². The number of amides is 2. The smallest absolute Gasteiger partial charge is 0.308 e. The molecule has 0 saturated carbocycles. The van der Waals surface area contributed by atoms with Crippen LogP contribution >= 0.6 is 11.8 Å². The number of hydrogen-bond acceptors (Lipinski definition) is 2. The number of benzene rings is 2. The van der Waals surface area contributed by atoms with Crippen molar-refractivity contribution in [3.05, 3.63) is 65.5 Å². The summed E-state index contributed by atoms with van der Waals surface area (Å²) in [4.78, 5) is 13.9. The second-order valence-corrected chi connectivity index (χ2v) is 6.67. The maximum absolute atomic E-state index is 13.2. The molecule has 0 bridgehead atoms. The highest BCUT2D eigenvalue weighted by molar-refractivity contribution is 7.99. The third-order valence-corrected chi connectivity index (χ3v) is 4.99. The molecule has 2 aromatic carbocycles. The van der Waals surface area contributed by atoms with Crippen molar-refractivity contribution in [2.24, 2.45) is 0 Å². The van der Waals surface area contributed by atoms with Crippen LogP contribution in [0.5, 0.6) is 0 Å². The van der Waals surface area contributed by atoms with Gasteiger partial charge in [-0.05, 0) is 35.9 Å². The number of hydrogen-bond donors (Lipinski definition) is 1. The Morgan fingerprint density at radius 2 is 1.92 bits per heavy atom. The Morgan fingerprint density at radius 3 is 2.64 bits per heavy atom. The summed E-state index contributed by atoms with van der Waals surface area (Å²) in [6.45, 7) is 0.396. The summed E-state index contributed by atoms with van der Waals surface area (Å²) in [7, 11) is 0. The van der Waals surface area contributed by atoms with Crippen molar-refractivity contribution < 1.29 is 22.4 Å². The third-order valence-electron chi connectivity index (χ3n) is 3.73. The van der Waals surface area contributed by atoms with Gasteiger partial charge in [-0.2, -0.15) is 13.2 Å². The molecule has 2 aromatic rings. The van der Waals surface area contributed by atoms with Crippen LogP contribution in [-0.2, 0) is 6.18 Å². The molecule has 1 unspecified atom stereocenters. The van der Waals surface area contributed by atoms with E-state index in [0.29, 0.717) is 23.5 Å². The predicted molar refractivity (Wildman–Crippen MR) is 88.8 cm³/mol. The number of thioether (sulfide) groups is 1. The van der Waals surface area contributed by atoms with Crippen molar-refractivity contribution in [3.8, 4) is 0 Å². The summed E-state index contributed by atoms with van der Waals surface area (Å²) in [6, 6.07) is 9.94. The maximum atomic E-state index is 13.2. The van der Waals surface area contributed by atoms with Gasteiger partial charge in [-0.15, -0.1) is 11.8 Å². The van der Waals surface area contributed by atoms with Crippen LogP contribution in [0.2, 0.25) is 0 Å². The van der Waals surface area contributed by atoms with Gasteiger partial charge < -0.3 is 10.2 Å². The number of nitrogens with zero attached hydrogens (tertiary/aromatic N) is 1. The number of urea groups is 1. The minimum absolute atomic E-state index is 0.296. The molecule has 8 heteroatoms. The normalized spacial score (nSPS) is 17.6. The molecular formula is C17H14F4N2OS. The van der Waals surface area contributed by atoms with Crippen LogP contribution in [-0.4, -0.2) is 23.2 Å². The van der Waals surface area contributed by atoms with Crippen LogP contribution in [0.1, 0.15) is 16.5 Å². The first-order chi connectivity index (χ1) is 11.8. The van der Waals surface area contributed by atoms with Gasteiger partial charge in [0.1, 0.15) is 11.2 Å². The van der Waals surface area contributed by atoms with E-state index in [1.165, 1.54) is 40.9 Å². The number of anilines is 1. The lowest BCUT2D eigenvalue weighted by Crippen LogP contribution is -2.34. The van der Waals surface area contributed by atoms with Crippen molar-refractivity contribution in [2.45, 2.75) is 11.6 Å². The van der Waals surface area contributed by atoms with Gasteiger partial charge in [0.2, 0.25) is 0 Å². The quantitative estimate of drug-likeness (QED) is 0.744. The van der Waals surface area contributed by atoms with E-state index in [-0.39, 0.29) is 0 Å². The molecule has 132 valence electrons. The molecule has 3 nitrogen and oxygen atoms in total. The van der Waals surface area contributed by atoms with E-state index >= 15 is 0 Å². The highest BCUT2D eigenvalue weighted by Gasteiger charge is 2.34. The van der Waals surface area contributed by atoms with E-state index in [0.717, 1.165) is 12.1 Å². The van der Waals surface area contributed by atoms with Gasteiger partial charge in [-0.25, -0.2) is 9.18 Å². The molecule has 1 N–H and O–H groups in total. The van der Waals surface area contributed by atoms with E-state index in [1.54, 1.807) is 12.1 Å². The standard InChI is InChI=1S/C17H14F4N2OS/c18-13-5-2-6-14(10-13)22-16(24)23-7-8-25-15(23)11-3-1-4-12(9-11)17(19,20)21/h1-6,9-10,15H,7-8H2,(H,22,24). The lowest BCUT2D eigenvalue weighted by Gasteiger charge is -2.25. The molecule has 0 spiro atoms. The number of alkyl halides is 3. The fourth-order valence-corrected chi connectivity index (χ4v) is 3.83. The van der Waals surface area contributed by atoms with Gasteiger partial charge in [0.05, 0.1) is 5.56 Å². The molecule has 0 aromatic heterocycles. The third kappa shape index (κ3) is 4.07. The summed E-state index contributed by atoms with van der Waals surface area (Å²) in [5, 5.41) is 2.06. The second-order valence-electron chi connectivity index (χ2n) is 5.48. The largest absolute Gasteiger partial charge is 0.416 e. The molecule has 3 rings (SSSR count). The van der Waals surface area contributed by atoms with Crippen LogP contribution < -0.4 is 5.32 Å². The van der Waals surface area contributed by atoms with E-state index < -0.39 is 29.0 Å². The fourth-order valence-electron chi connectivity index (χ4n) is 2.58. The lowest BCUT2D eigenvalue weighted by molar-refractivity contribution is -0.137. The number of rotatable bonds is 2. The maximum Gasteiger partial charge on any atom is 0.416 e. The number of carbonyl (C=O) groups excluding carboxylic acids is 1. The molecule has 0 aliphatic carbocycles. The summed E-state index contributed by atoms with van der Waals surface area (Å²) in [6.07, 6.45) is -4.44. The summed E-state index contributed by atoms with van der Waals surface area (Å²) in [5.74, 6) is 0.125. The SMILES string of the molecule is O=C(Nc1cccc(F)c1)N1CCSC1c1cccc(C(F)(F)F)c1. The first-order valence-electron chi connectivity index (χ1n) is 7.46. The fraction of sp³-hybridized carbons (Fsp3) is 0.235. The van der Waals surface area contributed by atoms with Gasteiger partial charge in [0, 0.05) is 18.0 Å². The molecule has 1 atom stereocenters. The van der Waals surface area contributed by atoms with Crippen LogP contribution in [0.15, 0.2) is 48.5 Å². The zero-order valence-electron chi connectivity index (χ0n) is 12.9. The Labute approximate surface area is 146 Å². The minimum atomic E-state index is -4.44. The van der Waals surface area contributed by atoms with Crippen molar-refractivity contribution >= 4 is 23.5 Å². The first-order valence-corrected chi connectivity index (χ1v) is 8.51. The predicted octanol–water partition coefficient (Wildman–Crippen LogP) is 5.12. The van der Waals surface area contributed by atoms with Gasteiger partial charge in [-0.3, -0.25) is 0 Å². The molecule has 2 amide bonds. The average molecular weight is 370 g/mol. The Kier molecular flexibility index (Phi) is 4.89. The molecule has 1 aliphatic rings. The van der Waals surface area contributed by atoms with Gasteiger partial charge in [0.15, 0.2) is 0 Å². The highest BCUT2D eigenvalue weighted by atomic mass is 32.2. The summed E-state index contributed by atoms with van der Waals surface area (Å²) >= 11 is 1.39. The molecule has 0 radical (unpaired) electrons. The van der Waals surface area contributed by atoms with Crippen molar-refractivity contribution in [1.29, 1.82) is 0 Å². The Bertz CT molecular complexity index is 781. The number of nitrogens with one attached hydrogen (secondary N) is 1. The molecule has 1 saturated heterocycles. The monoisotopic (exact) mass is 370 g/mol. The van der Waals surface area contributed by atoms with Crippen molar-refractivity contribution in [1.82, 2.24) is 4.90 Å². The zero-order chi connectivity index (χ0) is 18.0. The Morgan fingerprint density at radius 1 is 1.16 bits per heavy atom. The van der Waals surface area contributed by atoms with E-state index in [1.807, 2.05) is 0 Å². The van der Waals surface area contributed by atoms with Crippen LogP contribution in [0.25, 0.3) is 0 Å². The van der Waals surface area contributed by atoms with Gasteiger partial charge in [-0.1, -0.05) is 18.2 Å². The van der Waals surface area contributed by atoms with Crippen LogP contribution in [0, 0.1) is 5.82 Å². The van der Waals surface area contributed by atoms with Crippen LogP contribution in [0.3, 0.4) is 0 Å². The number of carbonyl (C=O) groups is 1. The Balaban J connectivity index is 1.79. The molecule has 1 fully saturated rings. The zero-order valence-corrected chi connectivity index (χ0v) is 13.7. The van der Waals surface area contributed by atoms with E-state index in [2.05, 4.69) is 5.32 Å². The van der Waals surface area contributed by atoms with E-state index in [4.69, 9.17) is 0 Å². The summed E-state index contributed by atoms with van der Waals surface area (Å²) in [5.41, 5.74) is -0.0422.